The second-order valence-electron chi connectivity index (χ2n) is 5.04. The van der Waals surface area contributed by atoms with E-state index in [2.05, 4.69) is 15.3 Å². The summed E-state index contributed by atoms with van der Waals surface area (Å²) in [5, 5.41) is 3.13. The van der Waals surface area contributed by atoms with E-state index in [0.717, 1.165) is 16.6 Å². The van der Waals surface area contributed by atoms with Crippen molar-refractivity contribution < 1.29 is 4.79 Å². The number of aromatic nitrogens is 2. The van der Waals surface area contributed by atoms with Gasteiger partial charge in [-0.2, -0.15) is 0 Å². The molecule has 0 bridgehead atoms. The molecule has 2 aromatic rings. The molecule has 0 aliphatic carbocycles. The highest BCUT2D eigenvalue weighted by Gasteiger charge is 2.10. The van der Waals surface area contributed by atoms with Gasteiger partial charge >= 0.3 is 0 Å². The van der Waals surface area contributed by atoms with Gasteiger partial charge in [0.05, 0.1) is 23.9 Å². The number of H-pyrrole nitrogens is 1. The maximum absolute atomic E-state index is 11.9. The molecule has 1 amide bonds. The standard InChI is InChI=1S/C14H20N4O/c1-10(2)15-7-14(19)18(3)8-11-4-5-12-13(6-11)17-9-16-12/h4-6,9-10,15H,7-8H2,1-3H3,(H,16,17). The van der Waals surface area contributed by atoms with Crippen molar-refractivity contribution in [3.05, 3.63) is 30.1 Å². The summed E-state index contributed by atoms with van der Waals surface area (Å²) in [5.41, 5.74) is 3.04. The first kappa shape index (κ1) is 13.5. The molecular formula is C14H20N4O. The van der Waals surface area contributed by atoms with Crippen molar-refractivity contribution in [1.29, 1.82) is 0 Å². The minimum absolute atomic E-state index is 0.0957. The van der Waals surface area contributed by atoms with Crippen LogP contribution in [0.15, 0.2) is 24.5 Å². The number of fused-ring (bicyclic) bond motifs is 1. The fourth-order valence-corrected chi connectivity index (χ4v) is 1.87. The van der Waals surface area contributed by atoms with Crippen molar-refractivity contribution in [3.8, 4) is 0 Å². The molecule has 2 rings (SSSR count). The third-order valence-corrected chi connectivity index (χ3v) is 2.99. The Morgan fingerprint density at radius 3 is 3.00 bits per heavy atom. The number of hydrogen-bond acceptors (Lipinski definition) is 3. The first-order valence-corrected chi connectivity index (χ1v) is 6.45. The van der Waals surface area contributed by atoms with Crippen LogP contribution in [0.2, 0.25) is 0 Å². The molecule has 2 N–H and O–H groups in total. The lowest BCUT2D eigenvalue weighted by molar-refractivity contribution is -0.129. The Hall–Kier alpha value is -1.88. The van der Waals surface area contributed by atoms with Crippen LogP contribution in [-0.4, -0.2) is 40.4 Å². The summed E-state index contributed by atoms with van der Waals surface area (Å²) in [7, 11) is 1.82. The largest absolute Gasteiger partial charge is 0.345 e. The second-order valence-corrected chi connectivity index (χ2v) is 5.04. The quantitative estimate of drug-likeness (QED) is 0.857. The molecule has 5 nitrogen and oxygen atoms in total. The van der Waals surface area contributed by atoms with Crippen molar-refractivity contribution in [2.75, 3.05) is 13.6 Å². The van der Waals surface area contributed by atoms with Crippen LogP contribution < -0.4 is 5.32 Å². The molecule has 0 unspecified atom stereocenters. The van der Waals surface area contributed by atoms with Gasteiger partial charge in [0, 0.05) is 19.6 Å². The van der Waals surface area contributed by atoms with Gasteiger partial charge in [0.15, 0.2) is 0 Å². The van der Waals surface area contributed by atoms with E-state index in [9.17, 15) is 4.79 Å². The van der Waals surface area contributed by atoms with E-state index in [0.29, 0.717) is 19.1 Å². The average Bonchev–Trinajstić information content (AvgIpc) is 2.83. The Balaban J connectivity index is 1.97. The summed E-state index contributed by atoms with van der Waals surface area (Å²) < 4.78 is 0. The van der Waals surface area contributed by atoms with E-state index in [-0.39, 0.29) is 5.91 Å². The van der Waals surface area contributed by atoms with Gasteiger partial charge in [0.25, 0.3) is 0 Å². The lowest BCUT2D eigenvalue weighted by Crippen LogP contribution is -2.37. The minimum atomic E-state index is 0.0957. The molecule has 1 aromatic heterocycles. The zero-order valence-corrected chi connectivity index (χ0v) is 11.6. The predicted molar refractivity (Wildman–Crippen MR) is 75.7 cm³/mol. The molecular weight excluding hydrogens is 240 g/mol. The summed E-state index contributed by atoms with van der Waals surface area (Å²) in [4.78, 5) is 20.9. The van der Waals surface area contributed by atoms with Gasteiger partial charge in [-0.15, -0.1) is 0 Å². The molecule has 0 radical (unpaired) electrons. The summed E-state index contributed by atoms with van der Waals surface area (Å²) >= 11 is 0. The molecule has 5 heteroatoms. The van der Waals surface area contributed by atoms with Crippen molar-refractivity contribution in [2.45, 2.75) is 26.4 Å². The van der Waals surface area contributed by atoms with E-state index >= 15 is 0 Å². The number of rotatable bonds is 5. The zero-order chi connectivity index (χ0) is 13.8. The molecule has 0 aliphatic rings. The molecule has 19 heavy (non-hydrogen) atoms. The lowest BCUT2D eigenvalue weighted by atomic mass is 10.2. The fourth-order valence-electron chi connectivity index (χ4n) is 1.87. The van der Waals surface area contributed by atoms with Crippen LogP contribution >= 0.6 is 0 Å². The summed E-state index contributed by atoms with van der Waals surface area (Å²) in [6, 6.07) is 6.31. The number of nitrogens with zero attached hydrogens (tertiary/aromatic N) is 2. The van der Waals surface area contributed by atoms with Crippen LogP contribution in [0, 0.1) is 0 Å². The third kappa shape index (κ3) is 3.54. The van der Waals surface area contributed by atoms with E-state index in [4.69, 9.17) is 0 Å². The summed E-state index contributed by atoms with van der Waals surface area (Å²) in [5.74, 6) is 0.0957. The molecule has 1 aromatic carbocycles. The number of amides is 1. The molecule has 102 valence electrons. The maximum atomic E-state index is 11.9. The van der Waals surface area contributed by atoms with E-state index < -0.39 is 0 Å². The number of imidazole rings is 1. The van der Waals surface area contributed by atoms with Crippen molar-refractivity contribution in [3.63, 3.8) is 0 Å². The Morgan fingerprint density at radius 2 is 2.26 bits per heavy atom. The Bertz CT molecular complexity index is 561. The number of likely N-dealkylation sites (N-methyl/N-ethyl adjacent to an activating group) is 1. The smallest absolute Gasteiger partial charge is 0.236 e. The Kier molecular flexibility index (Phi) is 4.16. The normalized spacial score (nSPS) is 11.2. The second kappa shape index (κ2) is 5.84. The Morgan fingerprint density at radius 1 is 1.47 bits per heavy atom. The number of nitrogens with one attached hydrogen (secondary N) is 2. The summed E-state index contributed by atoms with van der Waals surface area (Å²) in [6.07, 6.45) is 1.68. The van der Waals surface area contributed by atoms with E-state index in [1.54, 1.807) is 11.2 Å². The molecule has 0 spiro atoms. The van der Waals surface area contributed by atoms with Gasteiger partial charge in [-0.05, 0) is 17.7 Å². The number of hydrogen-bond donors (Lipinski definition) is 2. The highest BCUT2D eigenvalue weighted by molar-refractivity contribution is 5.78. The molecule has 0 aliphatic heterocycles. The third-order valence-electron chi connectivity index (χ3n) is 2.99. The highest BCUT2D eigenvalue weighted by atomic mass is 16.2. The monoisotopic (exact) mass is 260 g/mol. The minimum Gasteiger partial charge on any atom is -0.345 e. The molecule has 0 atom stereocenters. The number of aromatic amines is 1. The van der Waals surface area contributed by atoms with Crippen molar-refractivity contribution in [2.24, 2.45) is 0 Å². The number of carbonyl (C=O) groups excluding carboxylic acids is 1. The maximum Gasteiger partial charge on any atom is 0.236 e. The molecule has 1 heterocycles. The Labute approximate surface area is 113 Å². The van der Waals surface area contributed by atoms with Crippen molar-refractivity contribution in [1.82, 2.24) is 20.2 Å². The fraction of sp³-hybridized carbons (Fsp3) is 0.429. The molecule has 0 saturated heterocycles. The van der Waals surface area contributed by atoms with Crippen LogP contribution in [-0.2, 0) is 11.3 Å². The van der Waals surface area contributed by atoms with Crippen LogP contribution in [0.4, 0.5) is 0 Å². The topological polar surface area (TPSA) is 61.0 Å². The van der Waals surface area contributed by atoms with Crippen LogP contribution in [0.3, 0.4) is 0 Å². The van der Waals surface area contributed by atoms with Gasteiger partial charge in [0.1, 0.15) is 0 Å². The zero-order valence-electron chi connectivity index (χ0n) is 11.6. The van der Waals surface area contributed by atoms with Crippen LogP contribution in [0.25, 0.3) is 11.0 Å². The number of benzene rings is 1. The summed E-state index contributed by atoms with van der Waals surface area (Å²) in [6.45, 7) is 5.03. The van der Waals surface area contributed by atoms with Gasteiger partial charge in [0.2, 0.25) is 5.91 Å². The first-order chi connectivity index (χ1) is 9.06. The predicted octanol–water partition coefficient (Wildman–Crippen LogP) is 1.52. The van der Waals surface area contributed by atoms with Crippen molar-refractivity contribution >= 4 is 16.9 Å². The first-order valence-electron chi connectivity index (χ1n) is 6.45. The lowest BCUT2D eigenvalue weighted by Gasteiger charge is -2.18. The van der Waals surface area contributed by atoms with Crippen LogP contribution in [0.5, 0.6) is 0 Å². The van der Waals surface area contributed by atoms with Gasteiger partial charge in [-0.3, -0.25) is 4.79 Å². The highest BCUT2D eigenvalue weighted by Crippen LogP contribution is 2.12. The number of carbonyl (C=O) groups is 1. The SMILES string of the molecule is CC(C)NCC(=O)N(C)Cc1ccc2nc[nH]c2c1. The van der Waals surface area contributed by atoms with Gasteiger partial charge in [-0.25, -0.2) is 4.98 Å². The molecule has 0 fully saturated rings. The van der Waals surface area contributed by atoms with E-state index in [1.807, 2.05) is 39.1 Å². The van der Waals surface area contributed by atoms with Gasteiger partial charge in [-0.1, -0.05) is 19.9 Å². The average molecular weight is 260 g/mol. The van der Waals surface area contributed by atoms with Crippen LogP contribution in [0.1, 0.15) is 19.4 Å². The van der Waals surface area contributed by atoms with Gasteiger partial charge < -0.3 is 15.2 Å². The van der Waals surface area contributed by atoms with E-state index in [1.165, 1.54) is 0 Å². The molecule has 0 saturated carbocycles.